The first-order valence-electron chi connectivity index (χ1n) is 8.73. The molecular formula is C19H20ClN3O3S. The average molecular weight is 406 g/mol. The molecule has 0 spiro atoms. The fraction of sp³-hybridized carbons (Fsp3) is 0.316. The molecule has 0 unspecified atom stereocenters. The molecule has 0 bridgehead atoms. The number of ether oxygens (including phenoxy) is 1. The van der Waals surface area contributed by atoms with Crippen LogP contribution in [0.5, 0.6) is 5.75 Å². The number of aryl methyl sites for hydroxylation is 1. The van der Waals surface area contributed by atoms with E-state index in [1.54, 1.807) is 23.5 Å². The van der Waals surface area contributed by atoms with Crippen LogP contribution in [-0.4, -0.2) is 29.2 Å². The van der Waals surface area contributed by atoms with Gasteiger partial charge >= 0.3 is 0 Å². The number of nitrogens with one attached hydrogen (secondary N) is 1. The summed E-state index contributed by atoms with van der Waals surface area (Å²) in [7, 11) is 0. The van der Waals surface area contributed by atoms with E-state index < -0.39 is 0 Å². The summed E-state index contributed by atoms with van der Waals surface area (Å²) in [5.74, 6) is 1.64. The van der Waals surface area contributed by atoms with Gasteiger partial charge in [0.15, 0.2) is 6.61 Å². The van der Waals surface area contributed by atoms with Crippen molar-refractivity contribution >= 4 is 28.8 Å². The predicted molar refractivity (Wildman–Crippen MR) is 105 cm³/mol. The molecule has 0 fully saturated rings. The molecule has 0 aliphatic heterocycles. The van der Waals surface area contributed by atoms with E-state index in [0.29, 0.717) is 29.0 Å². The van der Waals surface area contributed by atoms with E-state index in [-0.39, 0.29) is 12.5 Å². The molecule has 0 saturated carbocycles. The van der Waals surface area contributed by atoms with Crippen LogP contribution in [0.3, 0.4) is 0 Å². The summed E-state index contributed by atoms with van der Waals surface area (Å²) in [5, 5.41) is 9.31. The zero-order valence-electron chi connectivity index (χ0n) is 14.7. The number of rotatable bonds is 10. The third kappa shape index (κ3) is 6.08. The lowest BCUT2D eigenvalue weighted by Gasteiger charge is -2.08. The van der Waals surface area contributed by atoms with E-state index >= 15 is 0 Å². The predicted octanol–water partition coefficient (Wildman–Crippen LogP) is 4.36. The van der Waals surface area contributed by atoms with E-state index in [1.807, 2.05) is 29.6 Å². The second kappa shape index (κ2) is 10.1. The first-order chi connectivity index (χ1) is 13.2. The van der Waals surface area contributed by atoms with Crippen LogP contribution in [0.4, 0.5) is 0 Å². The summed E-state index contributed by atoms with van der Waals surface area (Å²) in [4.78, 5) is 17.2. The molecule has 142 valence electrons. The van der Waals surface area contributed by atoms with Crippen molar-refractivity contribution in [3.05, 3.63) is 52.7 Å². The highest BCUT2D eigenvalue weighted by molar-refractivity contribution is 7.13. The summed E-state index contributed by atoms with van der Waals surface area (Å²) >= 11 is 7.56. The number of nitrogens with zero attached hydrogens (tertiary/aromatic N) is 2. The van der Waals surface area contributed by atoms with Crippen molar-refractivity contribution in [1.82, 2.24) is 15.5 Å². The first kappa shape index (κ1) is 19.4. The molecule has 2 heterocycles. The highest BCUT2D eigenvalue weighted by Gasteiger charge is 2.09. The van der Waals surface area contributed by atoms with Gasteiger partial charge in [-0.25, -0.2) is 0 Å². The number of hydrogen-bond donors (Lipinski definition) is 1. The van der Waals surface area contributed by atoms with Gasteiger partial charge in [-0.1, -0.05) is 41.4 Å². The number of carbonyl (C=O) groups excluding carboxylic acids is 1. The monoisotopic (exact) mass is 405 g/mol. The third-order valence-electron chi connectivity index (χ3n) is 3.79. The van der Waals surface area contributed by atoms with Gasteiger partial charge in [0.2, 0.25) is 11.7 Å². The minimum Gasteiger partial charge on any atom is -0.482 e. The number of unbranched alkanes of at least 4 members (excludes halogenated alkanes) is 2. The Balaban J connectivity index is 1.26. The fourth-order valence-electron chi connectivity index (χ4n) is 2.42. The maximum Gasteiger partial charge on any atom is 0.257 e. The largest absolute Gasteiger partial charge is 0.482 e. The van der Waals surface area contributed by atoms with Gasteiger partial charge in [-0.15, -0.1) is 11.3 Å². The molecule has 6 nitrogen and oxygen atoms in total. The van der Waals surface area contributed by atoms with Crippen LogP contribution < -0.4 is 10.1 Å². The molecule has 8 heteroatoms. The molecule has 1 N–H and O–H groups in total. The van der Waals surface area contributed by atoms with E-state index in [4.69, 9.17) is 20.9 Å². The van der Waals surface area contributed by atoms with Crippen molar-refractivity contribution in [2.45, 2.75) is 25.7 Å². The highest BCUT2D eigenvalue weighted by atomic mass is 35.5. The number of para-hydroxylation sites is 1. The Hall–Kier alpha value is -2.38. The van der Waals surface area contributed by atoms with Crippen molar-refractivity contribution < 1.29 is 14.1 Å². The topological polar surface area (TPSA) is 77.2 Å². The van der Waals surface area contributed by atoms with Crippen molar-refractivity contribution in [1.29, 1.82) is 0 Å². The maximum absolute atomic E-state index is 11.8. The second-order valence-corrected chi connectivity index (χ2v) is 7.22. The second-order valence-electron chi connectivity index (χ2n) is 5.87. The maximum atomic E-state index is 11.8. The molecule has 0 saturated heterocycles. The summed E-state index contributed by atoms with van der Waals surface area (Å²) < 4.78 is 10.7. The molecule has 1 aromatic carbocycles. The Labute approximate surface area is 166 Å². The van der Waals surface area contributed by atoms with Crippen molar-refractivity contribution in [3.63, 3.8) is 0 Å². The molecular weight excluding hydrogens is 386 g/mol. The zero-order chi connectivity index (χ0) is 18.9. The molecule has 3 aromatic rings. The molecule has 0 aliphatic carbocycles. The number of amides is 1. The number of thiophene rings is 1. The SMILES string of the molecule is O=C(COc1ccccc1Cl)NCCCCCc1nc(-c2cccs2)no1. The van der Waals surface area contributed by atoms with Gasteiger partial charge in [-0.2, -0.15) is 4.98 Å². The molecule has 2 aromatic heterocycles. The summed E-state index contributed by atoms with van der Waals surface area (Å²) in [6.07, 6.45) is 3.51. The van der Waals surface area contributed by atoms with Gasteiger partial charge in [0.25, 0.3) is 5.91 Å². The van der Waals surface area contributed by atoms with Crippen molar-refractivity contribution in [2.75, 3.05) is 13.2 Å². The van der Waals surface area contributed by atoms with Crippen molar-refractivity contribution in [2.24, 2.45) is 0 Å². The fourth-order valence-corrected chi connectivity index (χ4v) is 3.26. The van der Waals surface area contributed by atoms with E-state index in [0.717, 1.165) is 30.6 Å². The molecule has 0 atom stereocenters. The lowest BCUT2D eigenvalue weighted by Crippen LogP contribution is -2.29. The number of hydrogen-bond acceptors (Lipinski definition) is 6. The van der Waals surface area contributed by atoms with Gasteiger partial charge in [-0.3, -0.25) is 4.79 Å². The Morgan fingerprint density at radius 2 is 2.07 bits per heavy atom. The van der Waals surface area contributed by atoms with Crippen LogP contribution in [0.15, 0.2) is 46.3 Å². The minimum absolute atomic E-state index is 0.0444. The van der Waals surface area contributed by atoms with Crippen LogP contribution in [0, 0.1) is 0 Å². The van der Waals surface area contributed by atoms with Gasteiger partial charge in [-0.05, 0) is 36.4 Å². The smallest absolute Gasteiger partial charge is 0.257 e. The van der Waals surface area contributed by atoms with Crippen molar-refractivity contribution in [3.8, 4) is 16.5 Å². The van der Waals surface area contributed by atoms with Crippen LogP contribution >= 0.6 is 22.9 Å². The zero-order valence-corrected chi connectivity index (χ0v) is 16.3. The number of benzene rings is 1. The van der Waals surface area contributed by atoms with Crippen LogP contribution in [-0.2, 0) is 11.2 Å². The Kier molecular flexibility index (Phi) is 7.24. The summed E-state index contributed by atoms with van der Waals surface area (Å²) in [6, 6.07) is 11.0. The standard InChI is InChI=1S/C19H20ClN3O3S/c20-14-7-3-4-8-15(14)25-13-17(24)21-11-5-1-2-10-18-22-19(23-26-18)16-9-6-12-27-16/h3-4,6-9,12H,1-2,5,10-11,13H2,(H,21,24). The Morgan fingerprint density at radius 3 is 2.89 bits per heavy atom. The summed E-state index contributed by atoms with van der Waals surface area (Å²) in [5.41, 5.74) is 0. The van der Waals surface area contributed by atoms with Crippen LogP contribution in [0.2, 0.25) is 5.02 Å². The summed E-state index contributed by atoms with van der Waals surface area (Å²) in [6.45, 7) is 0.562. The first-order valence-corrected chi connectivity index (χ1v) is 9.98. The number of halogens is 1. The minimum atomic E-state index is -0.160. The molecule has 1 amide bonds. The van der Waals surface area contributed by atoms with Gasteiger partial charge in [0, 0.05) is 13.0 Å². The average Bonchev–Trinajstić information content (AvgIpc) is 3.35. The number of carbonyl (C=O) groups is 1. The van der Waals surface area contributed by atoms with E-state index in [1.165, 1.54) is 0 Å². The number of aromatic nitrogens is 2. The van der Waals surface area contributed by atoms with Gasteiger partial charge in [0.1, 0.15) is 5.75 Å². The quantitative estimate of drug-likeness (QED) is 0.507. The Morgan fingerprint density at radius 1 is 1.19 bits per heavy atom. The molecule has 27 heavy (non-hydrogen) atoms. The van der Waals surface area contributed by atoms with E-state index in [2.05, 4.69) is 15.5 Å². The van der Waals surface area contributed by atoms with Gasteiger partial charge in [0.05, 0.1) is 9.90 Å². The highest BCUT2D eigenvalue weighted by Crippen LogP contribution is 2.23. The molecule has 0 radical (unpaired) electrons. The molecule has 3 rings (SSSR count). The van der Waals surface area contributed by atoms with Crippen LogP contribution in [0.1, 0.15) is 25.2 Å². The lowest BCUT2D eigenvalue weighted by molar-refractivity contribution is -0.123. The van der Waals surface area contributed by atoms with Crippen LogP contribution in [0.25, 0.3) is 10.7 Å². The van der Waals surface area contributed by atoms with E-state index in [9.17, 15) is 4.79 Å². The molecule has 0 aliphatic rings. The Bertz CT molecular complexity index is 852. The normalized spacial score (nSPS) is 10.7. The third-order valence-corrected chi connectivity index (χ3v) is 4.97. The van der Waals surface area contributed by atoms with Gasteiger partial charge < -0.3 is 14.6 Å². The lowest BCUT2D eigenvalue weighted by atomic mass is 10.2.